The fourth-order valence-corrected chi connectivity index (χ4v) is 2.77. The molecule has 3 rings (SSSR count). The molecule has 1 heterocycles. The van der Waals surface area contributed by atoms with Gasteiger partial charge >= 0.3 is 6.09 Å². The molecule has 0 fully saturated rings. The topological polar surface area (TPSA) is 49.8 Å². The van der Waals surface area contributed by atoms with E-state index in [0.29, 0.717) is 6.54 Å². The summed E-state index contributed by atoms with van der Waals surface area (Å²) in [5.74, 6) is 0.0548. The number of rotatable bonds is 3. The third-order valence-electron chi connectivity index (χ3n) is 3.92. The maximum Gasteiger partial charge on any atom is 0.414 e. The Kier molecular flexibility index (Phi) is 4.39. The highest BCUT2D eigenvalue weighted by molar-refractivity contribution is 5.89. The number of para-hydroxylation sites is 1. The van der Waals surface area contributed by atoms with Crippen LogP contribution in [-0.2, 0) is 17.8 Å². The molecule has 1 aliphatic heterocycles. The predicted octanol–water partition coefficient (Wildman–Crippen LogP) is 2.99. The van der Waals surface area contributed by atoms with Gasteiger partial charge in [-0.15, -0.1) is 0 Å². The van der Waals surface area contributed by atoms with Crippen LogP contribution in [0.15, 0.2) is 54.6 Å². The highest BCUT2D eigenvalue weighted by Gasteiger charge is 2.28. The van der Waals surface area contributed by atoms with E-state index < -0.39 is 0 Å². The Labute approximate surface area is 130 Å². The summed E-state index contributed by atoms with van der Waals surface area (Å²) in [6.07, 6.45) is 0.421. The van der Waals surface area contributed by atoms with E-state index in [1.54, 1.807) is 4.90 Å². The maximum atomic E-state index is 12.4. The van der Waals surface area contributed by atoms with Crippen molar-refractivity contribution in [1.29, 1.82) is 0 Å². The van der Waals surface area contributed by atoms with E-state index in [-0.39, 0.29) is 25.2 Å². The zero-order valence-electron chi connectivity index (χ0n) is 12.3. The van der Waals surface area contributed by atoms with E-state index in [1.165, 1.54) is 0 Å². The number of aliphatic hydroxyl groups is 1. The fraction of sp³-hybridized carbons (Fsp3) is 0.278. The summed E-state index contributed by atoms with van der Waals surface area (Å²) in [6, 6.07) is 17.4. The van der Waals surface area contributed by atoms with Gasteiger partial charge in [-0.05, 0) is 23.6 Å². The van der Waals surface area contributed by atoms with Gasteiger partial charge in [-0.1, -0.05) is 48.5 Å². The Morgan fingerprint density at radius 2 is 1.86 bits per heavy atom. The second kappa shape index (κ2) is 6.62. The van der Waals surface area contributed by atoms with Crippen molar-refractivity contribution in [3.63, 3.8) is 0 Å². The van der Waals surface area contributed by atoms with Crippen LogP contribution in [-0.4, -0.2) is 24.4 Å². The molecule has 0 saturated heterocycles. The molecule has 1 aliphatic rings. The lowest BCUT2D eigenvalue weighted by atomic mass is 9.93. The van der Waals surface area contributed by atoms with Crippen LogP contribution in [0.5, 0.6) is 0 Å². The van der Waals surface area contributed by atoms with Crippen LogP contribution in [0.25, 0.3) is 0 Å². The molecule has 1 amide bonds. The van der Waals surface area contributed by atoms with Gasteiger partial charge in [-0.3, -0.25) is 4.90 Å². The molecular formula is C18H19NO3. The molecule has 0 spiro atoms. The molecule has 22 heavy (non-hydrogen) atoms. The van der Waals surface area contributed by atoms with Crippen LogP contribution in [0, 0.1) is 5.92 Å². The Hall–Kier alpha value is -2.33. The first-order valence-corrected chi connectivity index (χ1v) is 7.45. The van der Waals surface area contributed by atoms with Crippen molar-refractivity contribution in [2.75, 3.05) is 18.1 Å². The number of nitrogens with zero attached hydrogens (tertiary/aromatic N) is 1. The minimum atomic E-state index is -0.366. The summed E-state index contributed by atoms with van der Waals surface area (Å²) >= 11 is 0. The number of amides is 1. The first-order chi connectivity index (χ1) is 10.8. The van der Waals surface area contributed by atoms with Gasteiger partial charge in [0.05, 0.1) is 5.69 Å². The van der Waals surface area contributed by atoms with Crippen LogP contribution in [0.4, 0.5) is 10.5 Å². The smallest absolute Gasteiger partial charge is 0.414 e. The average molecular weight is 297 g/mol. The molecule has 0 bridgehead atoms. The van der Waals surface area contributed by atoms with Gasteiger partial charge in [0, 0.05) is 19.1 Å². The minimum absolute atomic E-state index is 0.0548. The molecule has 1 atom stereocenters. The number of hydrogen-bond acceptors (Lipinski definition) is 3. The second-order valence-electron chi connectivity index (χ2n) is 5.53. The zero-order valence-corrected chi connectivity index (χ0v) is 12.3. The fourth-order valence-electron chi connectivity index (χ4n) is 2.77. The van der Waals surface area contributed by atoms with Gasteiger partial charge in [-0.2, -0.15) is 0 Å². The molecule has 2 aromatic rings. The van der Waals surface area contributed by atoms with Crippen molar-refractivity contribution in [2.45, 2.75) is 13.0 Å². The molecule has 4 nitrogen and oxygen atoms in total. The van der Waals surface area contributed by atoms with Crippen LogP contribution >= 0.6 is 0 Å². The van der Waals surface area contributed by atoms with Crippen molar-refractivity contribution in [1.82, 2.24) is 0 Å². The number of fused-ring (bicyclic) bond motifs is 1. The molecule has 0 saturated carbocycles. The molecule has 4 heteroatoms. The molecule has 0 aromatic heterocycles. The Balaban J connectivity index is 1.74. The van der Waals surface area contributed by atoms with Gasteiger partial charge in [0.15, 0.2) is 0 Å². The highest BCUT2D eigenvalue weighted by atomic mass is 16.6. The summed E-state index contributed by atoms with van der Waals surface area (Å²) in [5, 5.41) is 9.45. The number of ether oxygens (including phenoxy) is 1. The van der Waals surface area contributed by atoms with Crippen molar-refractivity contribution >= 4 is 11.8 Å². The highest BCUT2D eigenvalue weighted by Crippen LogP contribution is 2.30. The van der Waals surface area contributed by atoms with E-state index in [2.05, 4.69) is 0 Å². The standard InChI is InChI=1S/C18H19NO3/c20-12-15-10-16-8-4-5-9-17(16)19(11-15)18(21)22-13-14-6-2-1-3-7-14/h1-9,15,20H,10-13H2/t15-/m1/s1. The number of benzene rings is 2. The van der Waals surface area contributed by atoms with E-state index >= 15 is 0 Å². The Morgan fingerprint density at radius 1 is 1.14 bits per heavy atom. The molecule has 0 radical (unpaired) electrons. The molecule has 0 unspecified atom stereocenters. The van der Waals surface area contributed by atoms with Gasteiger partial charge < -0.3 is 9.84 Å². The van der Waals surface area contributed by atoms with E-state index in [9.17, 15) is 9.90 Å². The van der Waals surface area contributed by atoms with Gasteiger partial charge in [0.1, 0.15) is 6.61 Å². The van der Waals surface area contributed by atoms with Crippen molar-refractivity contribution in [2.24, 2.45) is 5.92 Å². The summed E-state index contributed by atoms with van der Waals surface area (Å²) in [7, 11) is 0. The number of hydrogen-bond donors (Lipinski definition) is 1. The van der Waals surface area contributed by atoms with Crippen molar-refractivity contribution in [3.05, 3.63) is 65.7 Å². The normalized spacial score (nSPS) is 17.0. The number of anilines is 1. The third-order valence-corrected chi connectivity index (χ3v) is 3.92. The van der Waals surface area contributed by atoms with E-state index in [1.807, 2.05) is 54.6 Å². The van der Waals surface area contributed by atoms with Crippen molar-refractivity contribution < 1.29 is 14.6 Å². The van der Waals surface area contributed by atoms with Gasteiger partial charge in [0.25, 0.3) is 0 Å². The predicted molar refractivity (Wildman–Crippen MR) is 84.7 cm³/mol. The number of aliphatic hydroxyl groups excluding tert-OH is 1. The third kappa shape index (κ3) is 3.12. The molecular weight excluding hydrogens is 278 g/mol. The average Bonchev–Trinajstić information content (AvgIpc) is 2.59. The van der Waals surface area contributed by atoms with Crippen molar-refractivity contribution in [3.8, 4) is 0 Å². The zero-order chi connectivity index (χ0) is 15.4. The SMILES string of the molecule is O=C(OCc1ccccc1)N1C[C@H](CO)Cc2ccccc21. The molecule has 0 aliphatic carbocycles. The van der Waals surface area contributed by atoms with E-state index in [0.717, 1.165) is 23.2 Å². The van der Waals surface area contributed by atoms with Gasteiger partial charge in [-0.25, -0.2) is 4.79 Å². The molecule has 2 aromatic carbocycles. The van der Waals surface area contributed by atoms with Crippen LogP contribution in [0.2, 0.25) is 0 Å². The largest absolute Gasteiger partial charge is 0.444 e. The Morgan fingerprint density at radius 3 is 2.64 bits per heavy atom. The maximum absolute atomic E-state index is 12.4. The van der Waals surface area contributed by atoms with Crippen LogP contribution in [0.3, 0.4) is 0 Å². The van der Waals surface area contributed by atoms with E-state index in [4.69, 9.17) is 4.74 Å². The lowest BCUT2D eigenvalue weighted by Crippen LogP contribution is -2.41. The minimum Gasteiger partial charge on any atom is -0.444 e. The number of carbonyl (C=O) groups is 1. The lowest BCUT2D eigenvalue weighted by Gasteiger charge is -2.33. The summed E-state index contributed by atoms with van der Waals surface area (Å²) < 4.78 is 5.42. The summed E-state index contributed by atoms with van der Waals surface area (Å²) in [6.45, 7) is 0.806. The quantitative estimate of drug-likeness (QED) is 0.947. The summed E-state index contributed by atoms with van der Waals surface area (Å²) in [5.41, 5.74) is 2.91. The monoisotopic (exact) mass is 297 g/mol. The molecule has 114 valence electrons. The van der Waals surface area contributed by atoms with Gasteiger partial charge in [0.2, 0.25) is 0 Å². The Bertz CT molecular complexity index is 642. The number of carbonyl (C=O) groups excluding carboxylic acids is 1. The first-order valence-electron chi connectivity index (χ1n) is 7.45. The second-order valence-corrected chi connectivity index (χ2v) is 5.53. The lowest BCUT2D eigenvalue weighted by molar-refractivity contribution is 0.142. The van der Waals surface area contributed by atoms with Crippen LogP contribution in [0.1, 0.15) is 11.1 Å². The molecule has 1 N–H and O–H groups in total. The first kappa shape index (κ1) is 14.6. The van der Waals surface area contributed by atoms with Crippen LogP contribution < -0.4 is 4.90 Å². The summed E-state index contributed by atoms with van der Waals surface area (Å²) in [4.78, 5) is 14.0.